The van der Waals surface area contributed by atoms with Crippen molar-refractivity contribution in [1.29, 1.82) is 5.26 Å². The number of primary amides is 1. The molecule has 0 saturated heterocycles. The first-order chi connectivity index (χ1) is 10.5. The predicted molar refractivity (Wildman–Crippen MR) is 79.1 cm³/mol. The SMILES string of the molecule is N#Cc1c(SCC(N)=O)ncc(C(=O)O)c1-c1ccncc1. The largest absolute Gasteiger partial charge is 0.478 e. The summed E-state index contributed by atoms with van der Waals surface area (Å²) in [6.45, 7) is 0. The van der Waals surface area contributed by atoms with Crippen LogP contribution in [-0.4, -0.2) is 32.7 Å². The molecule has 0 aromatic carbocycles. The highest BCUT2D eigenvalue weighted by Crippen LogP contribution is 2.32. The Kier molecular flexibility index (Phi) is 4.70. The van der Waals surface area contributed by atoms with Crippen molar-refractivity contribution in [2.75, 3.05) is 5.75 Å². The number of pyridine rings is 2. The van der Waals surface area contributed by atoms with Gasteiger partial charge in [0.05, 0.1) is 16.9 Å². The van der Waals surface area contributed by atoms with E-state index in [1.165, 1.54) is 18.6 Å². The van der Waals surface area contributed by atoms with E-state index in [0.717, 1.165) is 11.8 Å². The minimum Gasteiger partial charge on any atom is -0.478 e. The molecule has 110 valence electrons. The van der Waals surface area contributed by atoms with E-state index >= 15 is 0 Å². The molecule has 0 aliphatic heterocycles. The number of carbonyl (C=O) groups is 2. The molecule has 0 spiro atoms. The van der Waals surface area contributed by atoms with Crippen molar-refractivity contribution in [2.45, 2.75) is 5.03 Å². The topological polar surface area (TPSA) is 130 Å². The molecule has 2 rings (SSSR count). The fourth-order valence-corrected chi connectivity index (χ4v) is 2.53. The zero-order chi connectivity index (χ0) is 16.1. The van der Waals surface area contributed by atoms with Crippen LogP contribution < -0.4 is 5.73 Å². The molecule has 2 aromatic heterocycles. The summed E-state index contributed by atoms with van der Waals surface area (Å²) in [6.07, 6.45) is 4.17. The van der Waals surface area contributed by atoms with E-state index in [0.29, 0.717) is 5.56 Å². The number of rotatable bonds is 5. The minimum atomic E-state index is -1.19. The number of hydrogen-bond donors (Lipinski definition) is 2. The van der Waals surface area contributed by atoms with Gasteiger partial charge in [0.1, 0.15) is 11.1 Å². The normalized spacial score (nSPS) is 9.95. The van der Waals surface area contributed by atoms with E-state index in [1.54, 1.807) is 12.1 Å². The Morgan fingerprint density at radius 1 is 1.36 bits per heavy atom. The van der Waals surface area contributed by atoms with Crippen molar-refractivity contribution < 1.29 is 14.7 Å². The third kappa shape index (κ3) is 3.21. The standard InChI is InChI=1S/C14H10N4O3S/c15-5-9-12(8-1-3-17-4-2-8)10(14(20)21)6-18-13(9)22-7-11(16)19/h1-4,6H,7H2,(H2,16,19)(H,20,21). The molecule has 0 radical (unpaired) electrons. The number of nitriles is 1. The molecule has 1 amide bonds. The van der Waals surface area contributed by atoms with E-state index in [2.05, 4.69) is 9.97 Å². The van der Waals surface area contributed by atoms with Crippen LogP contribution in [0.5, 0.6) is 0 Å². The zero-order valence-electron chi connectivity index (χ0n) is 11.2. The maximum atomic E-state index is 11.4. The lowest BCUT2D eigenvalue weighted by Gasteiger charge is -2.11. The number of amides is 1. The molecular weight excluding hydrogens is 304 g/mol. The average molecular weight is 314 g/mol. The van der Waals surface area contributed by atoms with Gasteiger partial charge in [0, 0.05) is 24.2 Å². The molecule has 3 N–H and O–H groups in total. The van der Waals surface area contributed by atoms with E-state index in [-0.39, 0.29) is 27.5 Å². The second kappa shape index (κ2) is 6.69. The van der Waals surface area contributed by atoms with Gasteiger partial charge in [-0.3, -0.25) is 9.78 Å². The third-order valence-corrected chi connectivity index (χ3v) is 3.72. The van der Waals surface area contributed by atoms with Crippen LogP contribution in [0.15, 0.2) is 35.7 Å². The molecule has 0 bridgehead atoms. The molecule has 22 heavy (non-hydrogen) atoms. The Hall–Kier alpha value is -2.92. The number of aromatic nitrogens is 2. The number of aromatic carboxylic acids is 1. The maximum absolute atomic E-state index is 11.4. The Morgan fingerprint density at radius 2 is 2.05 bits per heavy atom. The summed E-state index contributed by atoms with van der Waals surface area (Å²) in [6, 6.07) is 5.17. The quantitative estimate of drug-likeness (QED) is 0.795. The summed E-state index contributed by atoms with van der Waals surface area (Å²) in [7, 11) is 0. The van der Waals surface area contributed by atoms with E-state index in [1.807, 2.05) is 6.07 Å². The Bertz CT molecular complexity index is 772. The molecule has 0 aliphatic carbocycles. The number of nitrogens with zero attached hydrogens (tertiary/aromatic N) is 3. The first-order valence-corrected chi connectivity index (χ1v) is 7.01. The van der Waals surface area contributed by atoms with Gasteiger partial charge in [-0.25, -0.2) is 9.78 Å². The second-order valence-electron chi connectivity index (χ2n) is 4.13. The number of carbonyl (C=O) groups excluding carboxylic acids is 1. The minimum absolute atomic E-state index is 0.0517. The van der Waals surface area contributed by atoms with Crippen LogP contribution >= 0.6 is 11.8 Å². The van der Waals surface area contributed by atoms with Gasteiger partial charge >= 0.3 is 5.97 Å². The fraction of sp³-hybridized carbons (Fsp3) is 0.0714. The molecule has 2 aromatic rings. The van der Waals surface area contributed by atoms with Crippen LogP contribution in [0.2, 0.25) is 0 Å². The fourth-order valence-electron chi connectivity index (χ4n) is 1.83. The highest BCUT2D eigenvalue weighted by molar-refractivity contribution is 8.00. The van der Waals surface area contributed by atoms with Crippen molar-refractivity contribution in [1.82, 2.24) is 9.97 Å². The Labute approximate surface area is 129 Å². The highest BCUT2D eigenvalue weighted by atomic mass is 32.2. The number of carboxylic acid groups (broad SMARTS) is 1. The lowest BCUT2D eigenvalue weighted by atomic mass is 9.98. The lowest BCUT2D eigenvalue weighted by molar-refractivity contribution is -0.115. The molecule has 7 nitrogen and oxygen atoms in total. The van der Waals surface area contributed by atoms with Crippen molar-refractivity contribution in [3.05, 3.63) is 41.9 Å². The molecule has 8 heteroatoms. The Morgan fingerprint density at radius 3 is 2.59 bits per heavy atom. The van der Waals surface area contributed by atoms with E-state index in [4.69, 9.17) is 5.73 Å². The van der Waals surface area contributed by atoms with Gasteiger partial charge in [0.25, 0.3) is 0 Å². The first kappa shape index (κ1) is 15.5. The number of nitrogens with two attached hydrogens (primary N) is 1. The molecule has 0 aliphatic rings. The van der Waals surface area contributed by atoms with Gasteiger partial charge in [-0.05, 0) is 17.7 Å². The number of carboxylic acids is 1. The zero-order valence-corrected chi connectivity index (χ0v) is 12.0. The van der Waals surface area contributed by atoms with Gasteiger partial charge in [-0.2, -0.15) is 5.26 Å². The summed E-state index contributed by atoms with van der Waals surface area (Å²) < 4.78 is 0. The van der Waals surface area contributed by atoms with E-state index < -0.39 is 11.9 Å². The number of hydrogen-bond acceptors (Lipinski definition) is 6. The Balaban J connectivity index is 2.66. The monoisotopic (exact) mass is 314 g/mol. The second-order valence-corrected chi connectivity index (χ2v) is 5.10. The number of thioether (sulfide) groups is 1. The van der Waals surface area contributed by atoms with E-state index in [9.17, 15) is 20.0 Å². The molecule has 2 heterocycles. The highest BCUT2D eigenvalue weighted by Gasteiger charge is 2.21. The van der Waals surface area contributed by atoms with Crippen molar-refractivity contribution >= 4 is 23.6 Å². The average Bonchev–Trinajstić information content (AvgIpc) is 2.52. The van der Waals surface area contributed by atoms with Gasteiger partial charge in [0.2, 0.25) is 5.91 Å². The summed E-state index contributed by atoms with van der Waals surface area (Å²) in [5, 5.41) is 19.0. The summed E-state index contributed by atoms with van der Waals surface area (Å²) in [5.74, 6) is -1.80. The van der Waals surface area contributed by atoms with Crippen molar-refractivity contribution in [3.63, 3.8) is 0 Å². The van der Waals surface area contributed by atoms with Crippen LogP contribution in [0.25, 0.3) is 11.1 Å². The third-order valence-electron chi connectivity index (χ3n) is 2.71. The van der Waals surface area contributed by atoms with Crippen molar-refractivity contribution in [2.24, 2.45) is 5.73 Å². The molecule has 0 unspecified atom stereocenters. The maximum Gasteiger partial charge on any atom is 0.337 e. The van der Waals surface area contributed by atoms with Crippen LogP contribution in [-0.2, 0) is 4.79 Å². The summed E-state index contributed by atoms with van der Waals surface area (Å²) in [5.41, 5.74) is 5.87. The first-order valence-electron chi connectivity index (χ1n) is 6.02. The van der Waals surface area contributed by atoms with Gasteiger partial charge in [0.15, 0.2) is 0 Å². The molecule has 0 fully saturated rings. The van der Waals surface area contributed by atoms with Crippen LogP contribution in [0, 0.1) is 11.3 Å². The summed E-state index contributed by atoms with van der Waals surface area (Å²) in [4.78, 5) is 30.1. The molecule has 0 atom stereocenters. The van der Waals surface area contributed by atoms with Crippen molar-refractivity contribution in [3.8, 4) is 17.2 Å². The molecule has 0 saturated carbocycles. The van der Waals surface area contributed by atoms with Crippen LogP contribution in [0.4, 0.5) is 0 Å². The van der Waals surface area contributed by atoms with Crippen LogP contribution in [0.3, 0.4) is 0 Å². The van der Waals surface area contributed by atoms with Gasteiger partial charge < -0.3 is 10.8 Å². The van der Waals surface area contributed by atoms with Gasteiger partial charge in [-0.15, -0.1) is 0 Å². The van der Waals surface area contributed by atoms with Crippen LogP contribution in [0.1, 0.15) is 15.9 Å². The lowest BCUT2D eigenvalue weighted by Crippen LogP contribution is -2.13. The van der Waals surface area contributed by atoms with Gasteiger partial charge in [-0.1, -0.05) is 11.8 Å². The smallest absolute Gasteiger partial charge is 0.337 e. The summed E-state index contributed by atoms with van der Waals surface area (Å²) >= 11 is 0.992. The molecular formula is C14H10N4O3S. The predicted octanol–water partition coefficient (Wildman–Crippen LogP) is 1.29.